The van der Waals surface area contributed by atoms with Crippen molar-refractivity contribution < 1.29 is 14.0 Å². The van der Waals surface area contributed by atoms with E-state index in [1.54, 1.807) is 18.2 Å². The highest BCUT2D eigenvalue weighted by Crippen LogP contribution is 2.28. The molecule has 1 saturated heterocycles. The van der Waals surface area contributed by atoms with E-state index in [0.717, 1.165) is 0 Å². The van der Waals surface area contributed by atoms with Crippen molar-refractivity contribution in [3.63, 3.8) is 0 Å². The number of halogens is 1. The summed E-state index contributed by atoms with van der Waals surface area (Å²) in [5.74, 6) is -0.977. The quantitative estimate of drug-likeness (QED) is 0.916. The molecular formula is C20H21FN2O2. The Labute approximate surface area is 146 Å². The van der Waals surface area contributed by atoms with E-state index in [1.165, 1.54) is 16.5 Å². The lowest BCUT2D eigenvalue weighted by Gasteiger charge is -2.17. The first-order valence-corrected chi connectivity index (χ1v) is 8.41. The molecule has 0 radical (unpaired) electrons. The molecule has 2 aromatic rings. The van der Waals surface area contributed by atoms with Crippen molar-refractivity contribution in [2.45, 2.75) is 26.2 Å². The third-order valence-corrected chi connectivity index (χ3v) is 4.48. The van der Waals surface area contributed by atoms with Crippen molar-refractivity contribution in [1.29, 1.82) is 0 Å². The number of nitrogens with zero attached hydrogens (tertiary/aromatic N) is 1. The number of carbonyl (C=O) groups excluding carboxylic acids is 2. The Hall–Kier alpha value is -2.69. The van der Waals surface area contributed by atoms with Crippen LogP contribution in [0.1, 0.15) is 31.7 Å². The molecule has 1 aliphatic rings. The fourth-order valence-electron chi connectivity index (χ4n) is 2.98. The average Bonchev–Trinajstić information content (AvgIpc) is 2.97. The van der Waals surface area contributed by atoms with Crippen LogP contribution in [-0.4, -0.2) is 18.4 Å². The molecule has 0 bridgehead atoms. The number of carbonyl (C=O) groups is 2. The largest absolute Gasteiger partial charge is 0.326 e. The second-order valence-corrected chi connectivity index (χ2v) is 6.62. The number of hydrogen-bond acceptors (Lipinski definition) is 2. The Morgan fingerprint density at radius 3 is 2.48 bits per heavy atom. The molecule has 1 N–H and O–H groups in total. The highest BCUT2D eigenvalue weighted by Gasteiger charge is 2.36. The summed E-state index contributed by atoms with van der Waals surface area (Å²) < 4.78 is 13.9. The van der Waals surface area contributed by atoms with Gasteiger partial charge in [0.2, 0.25) is 11.8 Å². The molecule has 0 saturated carbocycles. The summed E-state index contributed by atoms with van der Waals surface area (Å²) in [6, 6.07) is 13.8. The fraction of sp³-hybridized carbons (Fsp3) is 0.300. The standard InChI is InChI=1S/C20H21FN2O2/c1-13(2)14-7-9-16(10-8-14)22-20(25)15-11-19(24)23(12-15)18-6-4-3-5-17(18)21/h3-10,13,15H,11-12H2,1-2H3,(H,22,25)/t15-/m1/s1. The van der Waals surface area contributed by atoms with Crippen molar-refractivity contribution in [3.05, 3.63) is 59.9 Å². The lowest BCUT2D eigenvalue weighted by Crippen LogP contribution is -2.28. The van der Waals surface area contributed by atoms with E-state index in [1.807, 2.05) is 24.3 Å². The van der Waals surface area contributed by atoms with Gasteiger partial charge in [0, 0.05) is 18.7 Å². The molecule has 1 heterocycles. The van der Waals surface area contributed by atoms with E-state index in [9.17, 15) is 14.0 Å². The number of benzene rings is 2. The van der Waals surface area contributed by atoms with Crippen molar-refractivity contribution in [1.82, 2.24) is 0 Å². The van der Waals surface area contributed by atoms with Crippen LogP contribution < -0.4 is 10.2 Å². The summed E-state index contributed by atoms with van der Waals surface area (Å²) >= 11 is 0. The average molecular weight is 340 g/mol. The Morgan fingerprint density at radius 2 is 1.84 bits per heavy atom. The number of para-hydroxylation sites is 1. The van der Waals surface area contributed by atoms with Crippen molar-refractivity contribution in [2.75, 3.05) is 16.8 Å². The van der Waals surface area contributed by atoms with Crippen molar-refractivity contribution in [3.8, 4) is 0 Å². The summed E-state index contributed by atoms with van der Waals surface area (Å²) in [5.41, 5.74) is 2.12. The summed E-state index contributed by atoms with van der Waals surface area (Å²) in [4.78, 5) is 26.0. The second-order valence-electron chi connectivity index (χ2n) is 6.62. The summed E-state index contributed by atoms with van der Waals surface area (Å²) in [7, 11) is 0. The van der Waals surface area contributed by atoms with Crippen LogP contribution >= 0.6 is 0 Å². The molecule has 1 aliphatic heterocycles. The number of amides is 2. The van der Waals surface area contributed by atoms with Gasteiger partial charge in [-0.15, -0.1) is 0 Å². The van der Waals surface area contributed by atoms with Gasteiger partial charge in [-0.2, -0.15) is 0 Å². The van der Waals surface area contributed by atoms with E-state index < -0.39 is 11.7 Å². The van der Waals surface area contributed by atoms with Gasteiger partial charge in [-0.05, 0) is 35.7 Å². The molecule has 1 atom stereocenters. The second kappa shape index (κ2) is 7.05. The zero-order valence-corrected chi connectivity index (χ0v) is 14.3. The molecule has 0 spiro atoms. The normalized spacial score (nSPS) is 17.2. The Balaban J connectivity index is 1.67. The van der Waals surface area contributed by atoms with Gasteiger partial charge in [0.25, 0.3) is 0 Å². The minimum Gasteiger partial charge on any atom is -0.326 e. The number of nitrogens with one attached hydrogen (secondary N) is 1. The highest BCUT2D eigenvalue weighted by atomic mass is 19.1. The van der Waals surface area contributed by atoms with Crippen LogP contribution in [0, 0.1) is 11.7 Å². The van der Waals surface area contributed by atoms with Crippen LogP contribution in [0.15, 0.2) is 48.5 Å². The first-order chi connectivity index (χ1) is 12.0. The predicted molar refractivity (Wildman–Crippen MR) is 96.0 cm³/mol. The molecule has 4 nitrogen and oxygen atoms in total. The van der Waals surface area contributed by atoms with Crippen molar-refractivity contribution in [2.24, 2.45) is 5.92 Å². The van der Waals surface area contributed by atoms with E-state index in [4.69, 9.17) is 0 Å². The van der Waals surface area contributed by atoms with E-state index >= 15 is 0 Å². The first-order valence-electron chi connectivity index (χ1n) is 8.41. The predicted octanol–water partition coefficient (Wildman–Crippen LogP) is 3.94. The Morgan fingerprint density at radius 1 is 1.16 bits per heavy atom. The van der Waals surface area contributed by atoms with Crippen LogP contribution in [0.25, 0.3) is 0 Å². The van der Waals surface area contributed by atoms with Gasteiger partial charge in [-0.25, -0.2) is 4.39 Å². The summed E-state index contributed by atoms with van der Waals surface area (Å²) in [5, 5.41) is 2.85. The molecule has 0 aliphatic carbocycles. The molecule has 25 heavy (non-hydrogen) atoms. The minimum atomic E-state index is -0.489. The molecule has 0 unspecified atom stereocenters. The van der Waals surface area contributed by atoms with Gasteiger partial charge in [0.1, 0.15) is 5.82 Å². The third-order valence-electron chi connectivity index (χ3n) is 4.48. The smallest absolute Gasteiger partial charge is 0.229 e. The van der Waals surface area contributed by atoms with E-state index in [-0.39, 0.29) is 30.5 Å². The minimum absolute atomic E-state index is 0.0875. The zero-order valence-electron chi connectivity index (χ0n) is 14.3. The maximum Gasteiger partial charge on any atom is 0.229 e. The maximum absolute atomic E-state index is 13.9. The van der Waals surface area contributed by atoms with E-state index in [0.29, 0.717) is 11.6 Å². The lowest BCUT2D eigenvalue weighted by atomic mass is 10.0. The SMILES string of the molecule is CC(C)c1ccc(NC(=O)[C@@H]2CC(=O)N(c3ccccc3F)C2)cc1. The monoisotopic (exact) mass is 340 g/mol. The van der Waals surface area contributed by atoms with Crippen LogP contribution in [-0.2, 0) is 9.59 Å². The number of anilines is 2. The lowest BCUT2D eigenvalue weighted by molar-refractivity contribution is -0.122. The van der Waals surface area contributed by atoms with Crippen molar-refractivity contribution >= 4 is 23.2 Å². The maximum atomic E-state index is 13.9. The van der Waals surface area contributed by atoms with Crippen LogP contribution in [0.5, 0.6) is 0 Å². The van der Waals surface area contributed by atoms with Crippen LogP contribution in [0.2, 0.25) is 0 Å². The Kier molecular flexibility index (Phi) is 4.83. The molecule has 1 fully saturated rings. The highest BCUT2D eigenvalue weighted by molar-refractivity contribution is 6.03. The van der Waals surface area contributed by atoms with Gasteiger partial charge in [0.15, 0.2) is 0 Å². The molecule has 2 aromatic carbocycles. The van der Waals surface area contributed by atoms with Gasteiger partial charge in [-0.1, -0.05) is 38.1 Å². The van der Waals surface area contributed by atoms with Crippen LogP contribution in [0.3, 0.4) is 0 Å². The molecule has 3 rings (SSSR count). The molecule has 2 amide bonds. The fourth-order valence-corrected chi connectivity index (χ4v) is 2.98. The molecule has 130 valence electrons. The molecule has 5 heteroatoms. The van der Waals surface area contributed by atoms with Crippen LogP contribution in [0.4, 0.5) is 15.8 Å². The first kappa shape index (κ1) is 17.1. The van der Waals surface area contributed by atoms with E-state index in [2.05, 4.69) is 19.2 Å². The van der Waals surface area contributed by atoms with Gasteiger partial charge >= 0.3 is 0 Å². The van der Waals surface area contributed by atoms with Gasteiger partial charge in [0.05, 0.1) is 11.6 Å². The zero-order chi connectivity index (χ0) is 18.0. The van der Waals surface area contributed by atoms with Gasteiger partial charge < -0.3 is 10.2 Å². The number of hydrogen-bond donors (Lipinski definition) is 1. The Bertz CT molecular complexity index is 787. The molecular weight excluding hydrogens is 319 g/mol. The molecule has 0 aromatic heterocycles. The summed E-state index contributed by atoms with van der Waals surface area (Å²) in [6.45, 7) is 4.40. The van der Waals surface area contributed by atoms with Gasteiger partial charge in [-0.3, -0.25) is 9.59 Å². The number of rotatable bonds is 4. The topological polar surface area (TPSA) is 49.4 Å². The summed E-state index contributed by atoms with van der Waals surface area (Å²) in [6.07, 6.45) is 0.0875. The third kappa shape index (κ3) is 3.71.